The van der Waals surface area contributed by atoms with Crippen LogP contribution in [0.4, 0.5) is 0 Å². The van der Waals surface area contributed by atoms with Crippen LogP contribution in [-0.2, 0) is 9.53 Å². The van der Waals surface area contributed by atoms with Crippen molar-refractivity contribution in [3.8, 4) is 0 Å². The summed E-state index contributed by atoms with van der Waals surface area (Å²) < 4.78 is 5.55. The quantitative estimate of drug-likeness (QED) is 0.830. The van der Waals surface area contributed by atoms with E-state index in [4.69, 9.17) is 10.5 Å². The monoisotopic (exact) mass is 254 g/mol. The fourth-order valence-corrected chi connectivity index (χ4v) is 3.14. The summed E-state index contributed by atoms with van der Waals surface area (Å²) in [6.07, 6.45) is 8.54. The highest BCUT2D eigenvalue weighted by molar-refractivity contribution is 5.76. The van der Waals surface area contributed by atoms with Gasteiger partial charge in [0.25, 0.3) is 0 Å². The molecule has 18 heavy (non-hydrogen) atoms. The number of hydrogen-bond donors (Lipinski definition) is 1. The predicted octanol–water partition coefficient (Wildman–Crippen LogP) is 1.67. The molecule has 2 aliphatic rings. The van der Waals surface area contributed by atoms with Crippen molar-refractivity contribution in [3.63, 3.8) is 0 Å². The molecule has 0 radical (unpaired) electrons. The van der Waals surface area contributed by atoms with Gasteiger partial charge in [0.05, 0.1) is 6.10 Å². The maximum atomic E-state index is 12.2. The summed E-state index contributed by atoms with van der Waals surface area (Å²) in [5.74, 6) is 0.229. The molecule has 0 aromatic rings. The standard InChI is InChI=1S/C14H26N2O2/c1-16(13-7-3-2-6-12(13)15)14(17)9-8-11-5-4-10-18-11/h11-13H,2-10,15H2,1H3. The molecule has 2 N–H and O–H groups in total. The van der Waals surface area contributed by atoms with Crippen molar-refractivity contribution in [1.29, 1.82) is 0 Å². The van der Waals surface area contributed by atoms with Crippen LogP contribution in [0.25, 0.3) is 0 Å². The first kappa shape index (κ1) is 13.8. The number of nitrogens with zero attached hydrogens (tertiary/aromatic N) is 1. The third-order valence-corrected chi connectivity index (χ3v) is 4.38. The van der Waals surface area contributed by atoms with Crippen molar-refractivity contribution in [2.75, 3.05) is 13.7 Å². The average Bonchev–Trinajstić information content (AvgIpc) is 2.89. The van der Waals surface area contributed by atoms with Gasteiger partial charge in [-0.3, -0.25) is 4.79 Å². The van der Waals surface area contributed by atoms with Crippen molar-refractivity contribution in [2.24, 2.45) is 5.73 Å². The maximum absolute atomic E-state index is 12.2. The van der Waals surface area contributed by atoms with E-state index in [0.29, 0.717) is 12.5 Å². The Balaban J connectivity index is 1.76. The molecule has 4 nitrogen and oxygen atoms in total. The second kappa shape index (κ2) is 6.53. The number of hydrogen-bond acceptors (Lipinski definition) is 3. The van der Waals surface area contributed by atoms with Crippen LogP contribution in [0, 0.1) is 0 Å². The summed E-state index contributed by atoms with van der Waals surface area (Å²) in [6, 6.07) is 0.408. The van der Waals surface area contributed by atoms with E-state index in [0.717, 1.165) is 38.7 Å². The van der Waals surface area contributed by atoms with Crippen molar-refractivity contribution in [3.05, 3.63) is 0 Å². The van der Waals surface area contributed by atoms with Gasteiger partial charge in [-0.1, -0.05) is 12.8 Å². The lowest BCUT2D eigenvalue weighted by molar-refractivity contribution is -0.133. The molecule has 2 fully saturated rings. The van der Waals surface area contributed by atoms with Crippen LogP contribution in [0.1, 0.15) is 51.4 Å². The van der Waals surface area contributed by atoms with E-state index in [-0.39, 0.29) is 18.0 Å². The van der Waals surface area contributed by atoms with E-state index in [9.17, 15) is 4.79 Å². The molecule has 104 valence electrons. The van der Waals surface area contributed by atoms with Gasteiger partial charge in [-0.15, -0.1) is 0 Å². The summed E-state index contributed by atoms with van der Waals surface area (Å²) >= 11 is 0. The van der Waals surface area contributed by atoms with Crippen LogP contribution >= 0.6 is 0 Å². The Morgan fingerprint density at radius 1 is 1.28 bits per heavy atom. The number of carbonyl (C=O) groups is 1. The van der Waals surface area contributed by atoms with Crippen molar-refractivity contribution < 1.29 is 9.53 Å². The van der Waals surface area contributed by atoms with Gasteiger partial charge in [0.15, 0.2) is 0 Å². The van der Waals surface area contributed by atoms with Crippen LogP contribution < -0.4 is 5.73 Å². The van der Waals surface area contributed by atoms with Gasteiger partial charge in [-0.25, -0.2) is 0 Å². The second-order valence-corrected chi connectivity index (χ2v) is 5.69. The molecule has 0 aromatic carbocycles. The molecule has 1 saturated carbocycles. The fraction of sp³-hybridized carbons (Fsp3) is 0.929. The molecule has 1 amide bonds. The normalized spacial score (nSPS) is 32.4. The summed E-state index contributed by atoms with van der Waals surface area (Å²) in [5, 5.41) is 0. The highest BCUT2D eigenvalue weighted by Gasteiger charge is 2.28. The van der Waals surface area contributed by atoms with Crippen molar-refractivity contribution in [1.82, 2.24) is 4.90 Å². The van der Waals surface area contributed by atoms with Gasteiger partial charge in [-0.05, 0) is 32.1 Å². The average molecular weight is 254 g/mol. The molecule has 1 aliphatic heterocycles. The lowest BCUT2D eigenvalue weighted by atomic mass is 9.90. The van der Waals surface area contributed by atoms with E-state index >= 15 is 0 Å². The van der Waals surface area contributed by atoms with E-state index in [1.807, 2.05) is 11.9 Å². The summed E-state index contributed by atoms with van der Waals surface area (Å²) in [5.41, 5.74) is 6.12. The number of nitrogens with two attached hydrogens (primary N) is 1. The SMILES string of the molecule is CN(C(=O)CCC1CCCO1)C1CCCCC1N. The first-order valence-electron chi connectivity index (χ1n) is 7.31. The summed E-state index contributed by atoms with van der Waals surface area (Å²) in [7, 11) is 1.91. The van der Waals surface area contributed by atoms with Crippen LogP contribution in [-0.4, -0.2) is 42.6 Å². The first-order valence-corrected chi connectivity index (χ1v) is 7.31. The van der Waals surface area contributed by atoms with E-state index in [2.05, 4.69) is 0 Å². The topological polar surface area (TPSA) is 55.6 Å². The second-order valence-electron chi connectivity index (χ2n) is 5.69. The highest BCUT2D eigenvalue weighted by Crippen LogP contribution is 2.23. The lowest BCUT2D eigenvalue weighted by Crippen LogP contribution is -2.50. The van der Waals surface area contributed by atoms with Crippen molar-refractivity contribution in [2.45, 2.75) is 69.6 Å². The molecule has 1 aliphatic carbocycles. The molecule has 0 bridgehead atoms. The molecule has 4 heteroatoms. The number of ether oxygens (including phenoxy) is 1. The molecule has 2 rings (SSSR count). The molecule has 0 spiro atoms. The molecular formula is C14H26N2O2. The van der Waals surface area contributed by atoms with Crippen LogP contribution in [0.5, 0.6) is 0 Å². The largest absolute Gasteiger partial charge is 0.378 e. The Morgan fingerprint density at radius 2 is 2.06 bits per heavy atom. The summed E-state index contributed by atoms with van der Waals surface area (Å²) in [6.45, 7) is 0.863. The van der Waals surface area contributed by atoms with Crippen molar-refractivity contribution >= 4 is 5.91 Å². The molecule has 0 aromatic heterocycles. The molecule has 1 heterocycles. The summed E-state index contributed by atoms with van der Waals surface area (Å²) in [4.78, 5) is 14.0. The Hall–Kier alpha value is -0.610. The zero-order valence-electron chi connectivity index (χ0n) is 11.4. The Morgan fingerprint density at radius 3 is 2.72 bits per heavy atom. The third kappa shape index (κ3) is 3.45. The third-order valence-electron chi connectivity index (χ3n) is 4.38. The van der Waals surface area contributed by atoms with E-state index in [1.54, 1.807) is 0 Å². The number of amides is 1. The van der Waals surface area contributed by atoms with Gasteiger partial charge in [0.2, 0.25) is 5.91 Å². The zero-order valence-corrected chi connectivity index (χ0v) is 11.4. The zero-order chi connectivity index (χ0) is 13.0. The van der Waals surface area contributed by atoms with Crippen LogP contribution in [0.15, 0.2) is 0 Å². The molecule has 1 saturated heterocycles. The van der Waals surface area contributed by atoms with Crippen LogP contribution in [0.3, 0.4) is 0 Å². The van der Waals surface area contributed by atoms with E-state index in [1.165, 1.54) is 12.8 Å². The van der Waals surface area contributed by atoms with Crippen LogP contribution in [0.2, 0.25) is 0 Å². The minimum Gasteiger partial charge on any atom is -0.378 e. The molecular weight excluding hydrogens is 228 g/mol. The van der Waals surface area contributed by atoms with Gasteiger partial charge >= 0.3 is 0 Å². The Bertz CT molecular complexity index is 277. The van der Waals surface area contributed by atoms with Gasteiger partial charge in [-0.2, -0.15) is 0 Å². The minimum atomic E-state index is 0.162. The van der Waals surface area contributed by atoms with Gasteiger partial charge < -0.3 is 15.4 Å². The number of likely N-dealkylation sites (N-methyl/N-ethyl adjacent to an activating group) is 1. The Kier molecular flexibility index (Phi) is 5.01. The smallest absolute Gasteiger partial charge is 0.222 e. The lowest BCUT2D eigenvalue weighted by Gasteiger charge is -2.36. The predicted molar refractivity (Wildman–Crippen MR) is 71.2 cm³/mol. The first-order chi connectivity index (χ1) is 8.68. The van der Waals surface area contributed by atoms with Gasteiger partial charge in [0.1, 0.15) is 0 Å². The fourth-order valence-electron chi connectivity index (χ4n) is 3.14. The van der Waals surface area contributed by atoms with Gasteiger partial charge in [0, 0.05) is 32.2 Å². The maximum Gasteiger partial charge on any atom is 0.222 e. The van der Waals surface area contributed by atoms with E-state index < -0.39 is 0 Å². The molecule has 3 unspecified atom stereocenters. The highest BCUT2D eigenvalue weighted by atomic mass is 16.5. The minimum absolute atomic E-state index is 0.162. The Labute approximate surface area is 110 Å². The molecule has 3 atom stereocenters. The number of carbonyl (C=O) groups excluding carboxylic acids is 1. The number of rotatable bonds is 4.